The van der Waals surface area contributed by atoms with Gasteiger partial charge >= 0.3 is 0 Å². The number of amides is 2. The Bertz CT molecular complexity index is 986. The van der Waals surface area contributed by atoms with Crippen LogP contribution in [0.4, 0.5) is 0 Å². The number of carbonyl (C=O) groups is 2. The van der Waals surface area contributed by atoms with Crippen molar-refractivity contribution < 1.29 is 14.3 Å². The van der Waals surface area contributed by atoms with E-state index in [1.165, 1.54) is 0 Å². The standard InChI is InChI=1S/C20H21BrN4O3/c1-2-18-22-16-8-3-4-9-17(16)25(18)13-20(27)24-23-19(26)10-11-28-15-7-5-6-14(21)12-15/h3-9,12H,2,10-11,13H2,1H3,(H,23,26)(H,24,27). The van der Waals surface area contributed by atoms with Crippen molar-refractivity contribution in [3.05, 3.63) is 58.8 Å². The van der Waals surface area contributed by atoms with E-state index in [1.807, 2.05) is 60.0 Å². The summed E-state index contributed by atoms with van der Waals surface area (Å²) in [6.45, 7) is 2.28. The Hall–Kier alpha value is -2.87. The predicted octanol–water partition coefficient (Wildman–Crippen LogP) is 2.98. The number of aryl methyl sites for hydroxylation is 1. The third kappa shape index (κ3) is 5.10. The summed E-state index contributed by atoms with van der Waals surface area (Å²) in [6, 6.07) is 15.0. The normalized spacial score (nSPS) is 10.6. The fraction of sp³-hybridized carbons (Fsp3) is 0.250. The van der Waals surface area contributed by atoms with Gasteiger partial charge in [0.1, 0.15) is 18.1 Å². The summed E-state index contributed by atoms with van der Waals surface area (Å²) in [7, 11) is 0. The molecule has 28 heavy (non-hydrogen) atoms. The molecule has 0 radical (unpaired) electrons. The topological polar surface area (TPSA) is 85.3 Å². The van der Waals surface area contributed by atoms with Gasteiger partial charge in [0.2, 0.25) is 5.91 Å². The summed E-state index contributed by atoms with van der Waals surface area (Å²) in [5, 5.41) is 0. The maximum Gasteiger partial charge on any atom is 0.258 e. The summed E-state index contributed by atoms with van der Waals surface area (Å²) in [5.74, 6) is 0.851. The molecule has 1 aromatic heterocycles. The van der Waals surface area contributed by atoms with Crippen molar-refractivity contribution in [3.8, 4) is 5.75 Å². The van der Waals surface area contributed by atoms with Crippen LogP contribution in [0.2, 0.25) is 0 Å². The molecule has 8 heteroatoms. The van der Waals surface area contributed by atoms with Gasteiger partial charge in [0.25, 0.3) is 5.91 Å². The molecule has 0 bridgehead atoms. The van der Waals surface area contributed by atoms with Gasteiger partial charge in [-0.25, -0.2) is 4.98 Å². The average molecular weight is 445 g/mol. The summed E-state index contributed by atoms with van der Waals surface area (Å²) in [5.41, 5.74) is 6.60. The van der Waals surface area contributed by atoms with Crippen LogP contribution in [0.15, 0.2) is 53.0 Å². The molecule has 7 nitrogen and oxygen atoms in total. The zero-order chi connectivity index (χ0) is 19.9. The second-order valence-electron chi connectivity index (χ2n) is 6.11. The van der Waals surface area contributed by atoms with Crippen LogP contribution >= 0.6 is 15.9 Å². The van der Waals surface area contributed by atoms with Gasteiger partial charge in [0.05, 0.1) is 24.1 Å². The number of para-hydroxylation sites is 2. The molecule has 0 atom stereocenters. The van der Waals surface area contributed by atoms with Gasteiger partial charge < -0.3 is 9.30 Å². The quantitative estimate of drug-likeness (QED) is 0.548. The molecule has 0 saturated carbocycles. The van der Waals surface area contributed by atoms with Gasteiger partial charge in [0, 0.05) is 10.9 Å². The summed E-state index contributed by atoms with van der Waals surface area (Å²) in [4.78, 5) is 28.7. The lowest BCUT2D eigenvalue weighted by Gasteiger charge is -2.11. The minimum absolute atomic E-state index is 0.0819. The van der Waals surface area contributed by atoms with Crippen LogP contribution in [-0.2, 0) is 22.6 Å². The number of nitrogens with one attached hydrogen (secondary N) is 2. The molecule has 0 aliphatic heterocycles. The van der Waals surface area contributed by atoms with Gasteiger partial charge in [0.15, 0.2) is 0 Å². The minimum atomic E-state index is -0.324. The lowest BCUT2D eigenvalue weighted by Crippen LogP contribution is -2.43. The van der Waals surface area contributed by atoms with Gasteiger partial charge in [-0.05, 0) is 30.3 Å². The largest absolute Gasteiger partial charge is 0.493 e. The smallest absolute Gasteiger partial charge is 0.258 e. The van der Waals surface area contributed by atoms with E-state index in [0.717, 1.165) is 21.3 Å². The van der Waals surface area contributed by atoms with Crippen LogP contribution in [0.3, 0.4) is 0 Å². The molecule has 2 aromatic carbocycles. The molecule has 146 valence electrons. The number of rotatable bonds is 7. The third-order valence-corrected chi connectivity index (χ3v) is 4.58. The van der Waals surface area contributed by atoms with Crippen molar-refractivity contribution >= 4 is 38.8 Å². The molecule has 3 rings (SSSR count). The van der Waals surface area contributed by atoms with Crippen molar-refractivity contribution in [2.45, 2.75) is 26.3 Å². The number of halogens is 1. The van der Waals surface area contributed by atoms with E-state index in [-0.39, 0.29) is 31.4 Å². The van der Waals surface area contributed by atoms with E-state index in [4.69, 9.17) is 4.74 Å². The fourth-order valence-corrected chi connectivity index (χ4v) is 3.15. The number of carbonyl (C=O) groups excluding carboxylic acids is 2. The van der Waals surface area contributed by atoms with Crippen LogP contribution in [-0.4, -0.2) is 28.0 Å². The molecule has 0 spiro atoms. The summed E-state index contributed by atoms with van der Waals surface area (Å²) in [6.07, 6.45) is 0.836. The predicted molar refractivity (Wildman–Crippen MR) is 110 cm³/mol. The lowest BCUT2D eigenvalue weighted by atomic mass is 10.3. The number of hydrogen-bond acceptors (Lipinski definition) is 4. The van der Waals surface area contributed by atoms with Gasteiger partial charge in [-0.1, -0.05) is 41.1 Å². The zero-order valence-corrected chi connectivity index (χ0v) is 17.0. The van der Waals surface area contributed by atoms with Gasteiger partial charge in [-0.3, -0.25) is 20.4 Å². The van der Waals surface area contributed by atoms with Crippen molar-refractivity contribution in [1.82, 2.24) is 20.4 Å². The molecule has 0 fully saturated rings. The molecule has 0 aliphatic carbocycles. The Labute approximate surface area is 171 Å². The van der Waals surface area contributed by atoms with Crippen LogP contribution in [0, 0.1) is 0 Å². The number of benzene rings is 2. The summed E-state index contributed by atoms with van der Waals surface area (Å²) >= 11 is 3.36. The Kier molecular flexibility index (Phi) is 6.65. The number of aromatic nitrogens is 2. The molecular formula is C20H21BrN4O3. The zero-order valence-electron chi connectivity index (χ0n) is 15.4. The van der Waals surface area contributed by atoms with E-state index >= 15 is 0 Å². The molecule has 2 N–H and O–H groups in total. The molecule has 1 heterocycles. The second-order valence-corrected chi connectivity index (χ2v) is 7.02. The first kappa shape index (κ1) is 19.9. The maximum absolute atomic E-state index is 12.2. The highest BCUT2D eigenvalue weighted by Crippen LogP contribution is 2.18. The lowest BCUT2D eigenvalue weighted by molar-refractivity contribution is -0.129. The highest BCUT2D eigenvalue weighted by atomic mass is 79.9. The van der Waals surface area contributed by atoms with Crippen molar-refractivity contribution in [2.24, 2.45) is 0 Å². The van der Waals surface area contributed by atoms with Crippen LogP contribution in [0.25, 0.3) is 11.0 Å². The SMILES string of the molecule is CCc1nc2ccccc2n1CC(=O)NNC(=O)CCOc1cccc(Br)c1. The molecule has 0 saturated heterocycles. The Morgan fingerprint density at radius 1 is 1.11 bits per heavy atom. The first-order valence-corrected chi connectivity index (χ1v) is 9.76. The highest BCUT2D eigenvalue weighted by molar-refractivity contribution is 9.10. The van der Waals surface area contributed by atoms with Crippen LogP contribution in [0.1, 0.15) is 19.2 Å². The van der Waals surface area contributed by atoms with E-state index in [1.54, 1.807) is 0 Å². The molecule has 2 amide bonds. The Morgan fingerprint density at radius 2 is 1.89 bits per heavy atom. The van der Waals surface area contributed by atoms with Gasteiger partial charge in [-0.2, -0.15) is 0 Å². The highest BCUT2D eigenvalue weighted by Gasteiger charge is 2.13. The number of hydrazine groups is 1. The minimum Gasteiger partial charge on any atom is -0.493 e. The monoisotopic (exact) mass is 444 g/mol. The number of nitrogens with zero attached hydrogens (tertiary/aromatic N) is 2. The van der Waals surface area contributed by atoms with E-state index in [9.17, 15) is 9.59 Å². The fourth-order valence-electron chi connectivity index (χ4n) is 2.78. The third-order valence-electron chi connectivity index (χ3n) is 4.09. The maximum atomic E-state index is 12.2. The van der Waals surface area contributed by atoms with Crippen molar-refractivity contribution in [3.63, 3.8) is 0 Å². The second kappa shape index (κ2) is 9.36. The van der Waals surface area contributed by atoms with Crippen molar-refractivity contribution in [2.75, 3.05) is 6.61 Å². The molecule has 0 aliphatic rings. The number of ether oxygens (including phenoxy) is 1. The van der Waals surface area contributed by atoms with Crippen LogP contribution < -0.4 is 15.6 Å². The first-order valence-electron chi connectivity index (χ1n) is 8.97. The van der Waals surface area contributed by atoms with Crippen molar-refractivity contribution in [1.29, 1.82) is 0 Å². The summed E-state index contributed by atoms with van der Waals surface area (Å²) < 4.78 is 8.27. The number of imidazole rings is 1. The van der Waals surface area contributed by atoms with Crippen LogP contribution in [0.5, 0.6) is 5.75 Å². The molecule has 3 aromatic rings. The van der Waals surface area contributed by atoms with Gasteiger partial charge in [-0.15, -0.1) is 0 Å². The number of fused-ring (bicyclic) bond motifs is 1. The Balaban J connectivity index is 1.47. The Morgan fingerprint density at radius 3 is 2.68 bits per heavy atom. The average Bonchev–Trinajstić information content (AvgIpc) is 3.04. The van der Waals surface area contributed by atoms with E-state index in [2.05, 4.69) is 31.8 Å². The first-order chi connectivity index (χ1) is 13.6. The molecule has 0 unspecified atom stereocenters. The van der Waals surface area contributed by atoms with E-state index < -0.39 is 0 Å². The van der Waals surface area contributed by atoms with E-state index in [0.29, 0.717) is 12.2 Å². The molecular weight excluding hydrogens is 424 g/mol. The number of hydrogen-bond donors (Lipinski definition) is 2.